The maximum atomic E-state index is 14.0. The molecule has 2 aliphatic heterocycles. The monoisotopic (exact) mass is 468 g/mol. The molecule has 2 aromatic carbocycles. The van der Waals surface area contributed by atoms with Crippen molar-refractivity contribution < 1.29 is 14.3 Å². The van der Waals surface area contributed by atoms with Crippen molar-refractivity contribution in [3.8, 4) is 0 Å². The molecule has 1 fully saturated rings. The largest absolute Gasteiger partial charge is 0.379 e. The topological polar surface area (TPSA) is 70.6 Å². The molecule has 0 atom stereocenters. The third kappa shape index (κ3) is 3.59. The number of para-hydroxylation sites is 2. The summed E-state index contributed by atoms with van der Waals surface area (Å²) < 4.78 is 7.58. The van der Waals surface area contributed by atoms with Gasteiger partial charge < -0.3 is 14.3 Å². The fraction of sp³-hybridized carbons (Fsp3) is 0.286. The summed E-state index contributed by atoms with van der Waals surface area (Å²) in [7, 11) is 0. The Kier molecular flexibility index (Phi) is 5.51. The number of aromatic amines is 1. The van der Waals surface area contributed by atoms with E-state index in [1.807, 2.05) is 54.9 Å². The van der Waals surface area contributed by atoms with E-state index in [4.69, 9.17) is 4.74 Å². The molecule has 4 aromatic rings. The van der Waals surface area contributed by atoms with E-state index in [-0.39, 0.29) is 11.8 Å². The molecule has 35 heavy (non-hydrogen) atoms. The Hall–Kier alpha value is -3.68. The quantitative estimate of drug-likeness (QED) is 0.438. The van der Waals surface area contributed by atoms with E-state index in [1.54, 1.807) is 0 Å². The molecule has 7 nitrogen and oxygen atoms in total. The molecule has 0 unspecified atom stereocenters. The highest BCUT2D eigenvalue weighted by molar-refractivity contribution is 6.50. The van der Waals surface area contributed by atoms with Gasteiger partial charge in [-0.1, -0.05) is 36.4 Å². The van der Waals surface area contributed by atoms with Crippen molar-refractivity contribution in [3.63, 3.8) is 0 Å². The fourth-order valence-corrected chi connectivity index (χ4v) is 5.33. The van der Waals surface area contributed by atoms with Crippen LogP contribution in [0.1, 0.15) is 18.1 Å². The third-order valence-corrected chi connectivity index (χ3v) is 7.17. The van der Waals surface area contributed by atoms with Crippen molar-refractivity contribution in [1.29, 1.82) is 0 Å². The minimum Gasteiger partial charge on any atom is -0.379 e. The Morgan fingerprint density at radius 1 is 0.857 bits per heavy atom. The summed E-state index contributed by atoms with van der Waals surface area (Å²) in [4.78, 5) is 34.8. The average Bonchev–Trinajstić information content (AvgIpc) is 3.55. The molecule has 6 rings (SSSR count). The highest BCUT2D eigenvalue weighted by Gasteiger charge is 2.41. The van der Waals surface area contributed by atoms with Gasteiger partial charge in [-0.05, 0) is 19.1 Å². The molecule has 4 heterocycles. The molecule has 178 valence electrons. The van der Waals surface area contributed by atoms with E-state index in [9.17, 15) is 9.59 Å². The van der Waals surface area contributed by atoms with Gasteiger partial charge in [-0.25, -0.2) is 0 Å². The summed E-state index contributed by atoms with van der Waals surface area (Å²) in [5.74, 6) is -0.445. The summed E-state index contributed by atoms with van der Waals surface area (Å²) >= 11 is 0. The Morgan fingerprint density at radius 2 is 1.54 bits per heavy atom. The summed E-state index contributed by atoms with van der Waals surface area (Å²) in [6, 6.07) is 16.0. The van der Waals surface area contributed by atoms with Crippen LogP contribution in [0.2, 0.25) is 0 Å². The number of benzene rings is 2. The zero-order valence-corrected chi connectivity index (χ0v) is 19.8. The highest BCUT2D eigenvalue weighted by atomic mass is 16.5. The minimum absolute atomic E-state index is 0.220. The number of morpholine rings is 1. The smallest absolute Gasteiger partial charge is 0.262 e. The van der Waals surface area contributed by atoms with Crippen LogP contribution in [-0.4, -0.2) is 70.6 Å². The number of H-pyrrole nitrogens is 1. The van der Waals surface area contributed by atoms with Gasteiger partial charge in [0.25, 0.3) is 11.8 Å². The SMILES string of the molecule is CCn1cc(C2=C(c3c[nH]c4ccccc34)C(=O)N(CCN3CCOCC3)C2=O)c2ccccc21. The number of aromatic nitrogens is 2. The summed E-state index contributed by atoms with van der Waals surface area (Å²) in [6.07, 6.45) is 3.88. The number of ether oxygens (including phenoxy) is 1. The molecule has 0 aliphatic carbocycles. The number of nitrogens with one attached hydrogen (secondary N) is 1. The van der Waals surface area contributed by atoms with Gasteiger partial charge in [-0.2, -0.15) is 0 Å². The Labute approximate surface area is 203 Å². The van der Waals surface area contributed by atoms with Gasteiger partial charge in [0.1, 0.15) is 0 Å². The van der Waals surface area contributed by atoms with Gasteiger partial charge in [0.15, 0.2) is 0 Å². The van der Waals surface area contributed by atoms with Gasteiger partial charge in [0.2, 0.25) is 0 Å². The predicted molar refractivity (Wildman–Crippen MR) is 137 cm³/mol. The number of fused-ring (bicyclic) bond motifs is 2. The summed E-state index contributed by atoms with van der Waals surface area (Å²) in [5, 5.41) is 1.92. The van der Waals surface area contributed by atoms with Crippen molar-refractivity contribution in [2.24, 2.45) is 0 Å². The first-order valence-corrected chi connectivity index (χ1v) is 12.2. The maximum Gasteiger partial charge on any atom is 0.262 e. The van der Waals surface area contributed by atoms with E-state index in [0.717, 1.165) is 52.6 Å². The minimum atomic E-state index is -0.226. The van der Waals surface area contributed by atoms with Crippen LogP contribution < -0.4 is 0 Å². The summed E-state index contributed by atoms with van der Waals surface area (Å²) in [5.41, 5.74) is 4.56. The number of nitrogens with zero attached hydrogens (tertiary/aromatic N) is 3. The van der Waals surface area contributed by atoms with E-state index >= 15 is 0 Å². The van der Waals surface area contributed by atoms with Crippen molar-refractivity contribution in [1.82, 2.24) is 19.4 Å². The van der Waals surface area contributed by atoms with Crippen LogP contribution >= 0.6 is 0 Å². The second kappa shape index (κ2) is 8.83. The highest BCUT2D eigenvalue weighted by Crippen LogP contribution is 2.41. The molecular weight excluding hydrogens is 440 g/mol. The third-order valence-electron chi connectivity index (χ3n) is 7.17. The van der Waals surface area contributed by atoms with Crippen LogP contribution in [0.25, 0.3) is 33.0 Å². The first kappa shape index (κ1) is 21.8. The number of amides is 2. The van der Waals surface area contributed by atoms with Crippen LogP contribution in [-0.2, 0) is 20.9 Å². The molecule has 1 N–H and O–H groups in total. The van der Waals surface area contributed by atoms with Gasteiger partial charge >= 0.3 is 0 Å². The lowest BCUT2D eigenvalue weighted by Crippen LogP contribution is -2.43. The zero-order valence-electron chi connectivity index (χ0n) is 19.8. The van der Waals surface area contributed by atoms with Crippen molar-refractivity contribution in [2.45, 2.75) is 13.5 Å². The lowest BCUT2D eigenvalue weighted by Gasteiger charge is -2.28. The number of rotatable bonds is 6. The molecular formula is C28H28N4O3. The molecule has 0 bridgehead atoms. The van der Waals surface area contributed by atoms with Crippen molar-refractivity contribution in [2.75, 3.05) is 39.4 Å². The number of carbonyl (C=O) groups is 2. The number of aryl methyl sites for hydroxylation is 1. The van der Waals surface area contributed by atoms with Gasteiger partial charge in [0, 0.05) is 78.1 Å². The van der Waals surface area contributed by atoms with Crippen molar-refractivity contribution >= 4 is 44.8 Å². The molecule has 1 saturated heterocycles. The van der Waals surface area contributed by atoms with E-state index in [1.165, 1.54) is 4.90 Å². The van der Waals surface area contributed by atoms with E-state index in [2.05, 4.69) is 27.4 Å². The number of hydrogen-bond acceptors (Lipinski definition) is 4. The second-order valence-corrected chi connectivity index (χ2v) is 9.06. The van der Waals surface area contributed by atoms with E-state index < -0.39 is 0 Å². The van der Waals surface area contributed by atoms with Gasteiger partial charge in [-0.15, -0.1) is 0 Å². The molecule has 2 aromatic heterocycles. The Bertz CT molecular complexity index is 1470. The first-order chi connectivity index (χ1) is 17.2. The summed E-state index contributed by atoms with van der Waals surface area (Å²) in [6.45, 7) is 6.86. The lowest BCUT2D eigenvalue weighted by atomic mass is 9.95. The van der Waals surface area contributed by atoms with Crippen LogP contribution in [0, 0.1) is 0 Å². The van der Waals surface area contributed by atoms with Crippen molar-refractivity contribution in [3.05, 3.63) is 72.1 Å². The van der Waals surface area contributed by atoms with Crippen LogP contribution in [0.3, 0.4) is 0 Å². The fourth-order valence-electron chi connectivity index (χ4n) is 5.33. The normalized spacial score (nSPS) is 17.5. The second-order valence-electron chi connectivity index (χ2n) is 9.06. The average molecular weight is 469 g/mol. The number of hydrogen-bond donors (Lipinski definition) is 1. The van der Waals surface area contributed by atoms with Crippen LogP contribution in [0.5, 0.6) is 0 Å². The molecule has 7 heteroatoms. The van der Waals surface area contributed by atoms with Gasteiger partial charge in [-0.3, -0.25) is 19.4 Å². The number of imide groups is 1. The predicted octanol–water partition coefficient (Wildman–Crippen LogP) is 3.75. The lowest BCUT2D eigenvalue weighted by molar-refractivity contribution is -0.136. The standard InChI is InChI=1S/C28H28N4O3/c1-2-31-18-22(20-8-4-6-10-24(20)31)26-25(21-17-29-23-9-5-3-7-19(21)23)27(33)32(28(26)34)12-11-30-13-15-35-16-14-30/h3-10,17-18,29H,2,11-16H2,1H3. The van der Waals surface area contributed by atoms with Crippen LogP contribution in [0.4, 0.5) is 0 Å². The van der Waals surface area contributed by atoms with Crippen LogP contribution in [0.15, 0.2) is 60.9 Å². The first-order valence-electron chi connectivity index (χ1n) is 12.2. The Balaban J connectivity index is 1.49. The molecule has 0 radical (unpaired) electrons. The Morgan fingerprint density at radius 3 is 2.31 bits per heavy atom. The van der Waals surface area contributed by atoms with Gasteiger partial charge in [0.05, 0.1) is 24.4 Å². The zero-order chi connectivity index (χ0) is 23.9. The maximum absolute atomic E-state index is 14.0. The molecule has 2 amide bonds. The number of carbonyl (C=O) groups excluding carboxylic acids is 2. The van der Waals surface area contributed by atoms with E-state index in [0.29, 0.717) is 37.4 Å². The molecule has 2 aliphatic rings. The molecule has 0 saturated carbocycles. The molecule has 0 spiro atoms.